The largest absolute Gasteiger partial charge is 0.496 e. The second kappa shape index (κ2) is 9.17. The fraction of sp³-hybridized carbons (Fsp3) is 0.423. The molecule has 0 amide bonds. The van der Waals surface area contributed by atoms with Crippen molar-refractivity contribution >= 4 is 16.9 Å². The third-order valence-electron chi connectivity index (χ3n) is 7.06. The van der Waals surface area contributed by atoms with Gasteiger partial charge in [-0.25, -0.2) is 4.79 Å². The van der Waals surface area contributed by atoms with E-state index in [1.807, 2.05) is 18.3 Å². The highest BCUT2D eigenvalue weighted by Gasteiger charge is 2.33. The molecule has 7 nitrogen and oxygen atoms in total. The maximum Gasteiger partial charge on any atom is 0.335 e. The third-order valence-corrected chi connectivity index (χ3v) is 7.06. The normalized spacial score (nSPS) is 21.8. The quantitative estimate of drug-likeness (QED) is 0.508. The Hall–Kier alpha value is -2.87. The van der Waals surface area contributed by atoms with Gasteiger partial charge in [0.25, 0.3) is 0 Å². The molecule has 33 heavy (non-hydrogen) atoms. The molecule has 2 atom stereocenters. The number of carboxylic acids is 1. The number of hydrogen-bond acceptors (Lipinski definition) is 5. The van der Waals surface area contributed by atoms with Crippen molar-refractivity contribution in [2.75, 3.05) is 26.9 Å². The lowest BCUT2D eigenvalue weighted by atomic mass is 9.90. The first-order valence-corrected chi connectivity index (χ1v) is 11.6. The van der Waals surface area contributed by atoms with E-state index >= 15 is 0 Å². The minimum absolute atomic E-state index is 0.181. The number of ether oxygens (including phenoxy) is 2. The van der Waals surface area contributed by atoms with Crippen LogP contribution >= 0.6 is 0 Å². The van der Waals surface area contributed by atoms with Crippen LogP contribution in [0.25, 0.3) is 10.9 Å². The first kappa shape index (κ1) is 21.9. The van der Waals surface area contributed by atoms with Crippen molar-refractivity contribution in [3.8, 4) is 5.75 Å². The van der Waals surface area contributed by atoms with Crippen LogP contribution in [0, 0.1) is 6.92 Å². The minimum Gasteiger partial charge on any atom is -0.496 e. The average Bonchev–Trinajstić information content (AvgIpc) is 3.29. The molecule has 2 saturated heterocycles. The average molecular weight is 450 g/mol. The Morgan fingerprint density at radius 3 is 2.70 bits per heavy atom. The molecule has 0 spiro atoms. The van der Waals surface area contributed by atoms with E-state index in [-0.39, 0.29) is 6.04 Å². The summed E-state index contributed by atoms with van der Waals surface area (Å²) in [5, 5.41) is 14.3. The molecule has 0 aliphatic carbocycles. The Morgan fingerprint density at radius 2 is 2.03 bits per heavy atom. The van der Waals surface area contributed by atoms with Crippen LogP contribution in [0.5, 0.6) is 5.75 Å². The van der Waals surface area contributed by atoms with Gasteiger partial charge in [0.15, 0.2) is 0 Å². The fourth-order valence-electron chi connectivity index (χ4n) is 5.20. The van der Waals surface area contributed by atoms with E-state index in [1.165, 1.54) is 16.5 Å². The number of carbonyl (C=O) groups is 1. The maximum absolute atomic E-state index is 11.4. The van der Waals surface area contributed by atoms with Gasteiger partial charge >= 0.3 is 5.97 Å². The lowest BCUT2D eigenvalue weighted by Crippen LogP contribution is -2.53. The number of benzene rings is 2. The molecule has 3 N–H and O–H groups in total. The summed E-state index contributed by atoms with van der Waals surface area (Å²) in [5.74, 6) is 0.0114. The zero-order chi connectivity index (χ0) is 22.9. The molecule has 1 aromatic heterocycles. The van der Waals surface area contributed by atoms with Gasteiger partial charge in [0.2, 0.25) is 0 Å². The first-order valence-electron chi connectivity index (χ1n) is 11.6. The van der Waals surface area contributed by atoms with Crippen LogP contribution in [0.3, 0.4) is 0 Å². The number of piperidine rings is 1. The van der Waals surface area contributed by atoms with Crippen molar-refractivity contribution in [1.29, 1.82) is 0 Å². The van der Waals surface area contributed by atoms with Crippen molar-refractivity contribution in [3.05, 3.63) is 64.8 Å². The molecule has 0 saturated carbocycles. The Kier molecular flexibility index (Phi) is 6.10. The number of aromatic amines is 1. The molecular weight excluding hydrogens is 418 g/mol. The highest BCUT2D eigenvalue weighted by Crippen LogP contribution is 2.37. The number of methoxy groups -OCH3 is 1. The van der Waals surface area contributed by atoms with Crippen molar-refractivity contribution in [2.24, 2.45) is 0 Å². The zero-order valence-electron chi connectivity index (χ0n) is 19.1. The van der Waals surface area contributed by atoms with Crippen molar-refractivity contribution in [1.82, 2.24) is 15.2 Å². The molecule has 0 unspecified atom stereocenters. The topological polar surface area (TPSA) is 86.8 Å². The van der Waals surface area contributed by atoms with E-state index in [4.69, 9.17) is 9.47 Å². The standard InChI is InChI=1S/C26H31N3O4/c1-16-11-24(32-2)22(21-7-9-27-25(16)21)13-29-10-8-19(28-20-14-33-15-20)12-23(29)17-3-5-18(6-4-17)26(30)31/h3-7,9,11,19-20,23,27-28H,8,10,12-15H2,1-2H3,(H,30,31)/t19-,23-/m0/s1. The van der Waals surface area contributed by atoms with E-state index in [1.54, 1.807) is 19.2 Å². The summed E-state index contributed by atoms with van der Waals surface area (Å²) in [7, 11) is 1.73. The molecule has 7 heteroatoms. The van der Waals surface area contributed by atoms with Crippen LogP contribution in [0.4, 0.5) is 0 Å². The summed E-state index contributed by atoms with van der Waals surface area (Å²) < 4.78 is 11.1. The summed E-state index contributed by atoms with van der Waals surface area (Å²) in [4.78, 5) is 17.2. The monoisotopic (exact) mass is 449 g/mol. The third kappa shape index (κ3) is 4.36. The number of hydrogen-bond donors (Lipinski definition) is 3. The van der Waals surface area contributed by atoms with E-state index < -0.39 is 5.97 Å². The molecule has 3 aromatic rings. The predicted molar refractivity (Wildman–Crippen MR) is 127 cm³/mol. The second-order valence-corrected chi connectivity index (χ2v) is 9.18. The van der Waals surface area contributed by atoms with Crippen LogP contribution in [-0.4, -0.2) is 59.9 Å². The molecular formula is C26H31N3O4. The first-order chi connectivity index (χ1) is 16.0. The van der Waals surface area contributed by atoms with Gasteiger partial charge in [-0.15, -0.1) is 0 Å². The Labute approximate surface area is 193 Å². The summed E-state index contributed by atoms with van der Waals surface area (Å²) in [5.41, 5.74) is 4.96. The number of carboxylic acid groups (broad SMARTS) is 1. The van der Waals surface area contributed by atoms with Crippen LogP contribution in [-0.2, 0) is 11.3 Å². The number of rotatable bonds is 7. The summed E-state index contributed by atoms with van der Waals surface area (Å²) in [6.45, 7) is 5.37. The summed E-state index contributed by atoms with van der Waals surface area (Å²) in [6, 6.07) is 12.6. The number of aryl methyl sites for hydroxylation is 1. The Balaban J connectivity index is 1.46. The van der Waals surface area contributed by atoms with Gasteiger partial charge in [0.05, 0.1) is 31.9 Å². The minimum atomic E-state index is -0.897. The van der Waals surface area contributed by atoms with Crippen molar-refractivity contribution in [3.63, 3.8) is 0 Å². The Bertz CT molecular complexity index is 1140. The highest BCUT2D eigenvalue weighted by atomic mass is 16.5. The van der Waals surface area contributed by atoms with Gasteiger partial charge in [-0.2, -0.15) is 0 Å². The summed E-state index contributed by atoms with van der Waals surface area (Å²) in [6.07, 6.45) is 4.01. The number of H-pyrrole nitrogens is 1. The number of nitrogens with one attached hydrogen (secondary N) is 2. The van der Waals surface area contributed by atoms with Gasteiger partial charge in [-0.3, -0.25) is 4.90 Å². The van der Waals surface area contributed by atoms with Crippen LogP contribution in [0.2, 0.25) is 0 Å². The zero-order valence-corrected chi connectivity index (χ0v) is 19.1. The number of likely N-dealkylation sites (tertiary alicyclic amines) is 1. The SMILES string of the molecule is COc1cc(C)c2[nH]ccc2c1CN1CC[C@H](NC2COC2)C[C@H]1c1ccc(C(=O)O)cc1. The predicted octanol–water partition coefficient (Wildman–Crippen LogP) is 3.88. The number of fused-ring (bicyclic) bond motifs is 1. The van der Waals surface area contributed by atoms with Gasteiger partial charge < -0.3 is 24.9 Å². The number of nitrogens with zero attached hydrogens (tertiary/aromatic N) is 1. The number of aromatic carboxylic acids is 1. The van der Waals surface area contributed by atoms with Crippen molar-refractivity contribution in [2.45, 2.75) is 44.4 Å². The lowest BCUT2D eigenvalue weighted by Gasteiger charge is -2.42. The Morgan fingerprint density at radius 1 is 1.24 bits per heavy atom. The molecule has 2 aromatic carbocycles. The fourth-order valence-corrected chi connectivity index (χ4v) is 5.20. The molecule has 3 heterocycles. The molecule has 5 rings (SSSR count). The van der Waals surface area contributed by atoms with Gasteiger partial charge in [-0.05, 0) is 55.2 Å². The smallest absolute Gasteiger partial charge is 0.335 e. The van der Waals surface area contributed by atoms with Crippen LogP contribution in [0.1, 0.15) is 45.9 Å². The van der Waals surface area contributed by atoms with E-state index in [2.05, 4.69) is 34.3 Å². The van der Waals surface area contributed by atoms with Gasteiger partial charge in [0, 0.05) is 47.8 Å². The molecule has 174 valence electrons. The number of aromatic nitrogens is 1. The van der Waals surface area contributed by atoms with Gasteiger partial charge in [0.1, 0.15) is 5.75 Å². The molecule has 0 bridgehead atoms. The van der Waals surface area contributed by atoms with Crippen molar-refractivity contribution < 1.29 is 19.4 Å². The highest BCUT2D eigenvalue weighted by molar-refractivity contribution is 5.88. The van der Waals surface area contributed by atoms with Gasteiger partial charge in [-0.1, -0.05) is 12.1 Å². The van der Waals surface area contributed by atoms with E-state index in [9.17, 15) is 9.90 Å². The molecule has 2 aliphatic rings. The molecule has 0 radical (unpaired) electrons. The van der Waals surface area contributed by atoms with E-state index in [0.29, 0.717) is 17.6 Å². The van der Waals surface area contributed by atoms with Crippen LogP contribution < -0.4 is 10.1 Å². The maximum atomic E-state index is 11.4. The van der Waals surface area contributed by atoms with E-state index in [0.717, 1.165) is 56.0 Å². The summed E-state index contributed by atoms with van der Waals surface area (Å²) >= 11 is 0. The lowest BCUT2D eigenvalue weighted by molar-refractivity contribution is -0.0168. The molecule has 2 aliphatic heterocycles. The molecule has 2 fully saturated rings. The second-order valence-electron chi connectivity index (χ2n) is 9.18. The van der Waals surface area contributed by atoms with Crippen LogP contribution in [0.15, 0.2) is 42.6 Å².